The van der Waals surface area contributed by atoms with E-state index < -0.39 is 6.10 Å². The summed E-state index contributed by atoms with van der Waals surface area (Å²) in [5.41, 5.74) is 0.970. The molecule has 1 aromatic heterocycles. The molecule has 0 radical (unpaired) electrons. The lowest BCUT2D eigenvalue weighted by Crippen LogP contribution is -2.21. The fraction of sp³-hybridized carbons (Fsp3) is 0.385. The number of aliphatic hydroxyl groups is 1. The largest absolute Gasteiger partial charge is 0.384 e. The van der Waals surface area contributed by atoms with Gasteiger partial charge in [-0.2, -0.15) is 0 Å². The van der Waals surface area contributed by atoms with Gasteiger partial charge in [-0.1, -0.05) is 28.1 Å². The Bertz CT molecular complexity index is 577. The number of halogens is 1. The SMILES string of the molecule is Cn1cnnc1C(O)C1(c2cccc(Br)c2)CC1. The smallest absolute Gasteiger partial charge is 0.162 e. The second kappa shape index (κ2) is 4.17. The zero-order valence-electron chi connectivity index (χ0n) is 10.0. The molecule has 0 bridgehead atoms. The molecule has 0 saturated heterocycles. The van der Waals surface area contributed by atoms with Gasteiger partial charge in [-0.3, -0.25) is 0 Å². The molecule has 1 heterocycles. The van der Waals surface area contributed by atoms with Crippen molar-refractivity contribution in [1.29, 1.82) is 0 Å². The first-order valence-corrected chi connectivity index (χ1v) is 6.71. The Morgan fingerprint density at radius 3 is 2.78 bits per heavy atom. The normalized spacial score (nSPS) is 18.6. The van der Waals surface area contributed by atoms with Crippen molar-refractivity contribution in [2.45, 2.75) is 24.4 Å². The summed E-state index contributed by atoms with van der Waals surface area (Å²) in [6, 6.07) is 8.14. The van der Waals surface area contributed by atoms with E-state index >= 15 is 0 Å². The number of hydrogen-bond donors (Lipinski definition) is 1. The second-order valence-electron chi connectivity index (χ2n) is 4.87. The van der Waals surface area contributed by atoms with Crippen LogP contribution in [0.4, 0.5) is 0 Å². The average Bonchev–Trinajstić information content (AvgIpc) is 3.06. The van der Waals surface area contributed by atoms with Crippen LogP contribution in [-0.4, -0.2) is 19.9 Å². The van der Waals surface area contributed by atoms with Crippen LogP contribution in [0.1, 0.15) is 30.3 Å². The number of hydrogen-bond acceptors (Lipinski definition) is 3. The Labute approximate surface area is 114 Å². The zero-order valence-corrected chi connectivity index (χ0v) is 11.6. The average molecular weight is 308 g/mol. The van der Waals surface area contributed by atoms with Crippen LogP contribution in [0.5, 0.6) is 0 Å². The first kappa shape index (κ1) is 11.9. The van der Waals surface area contributed by atoms with Crippen LogP contribution in [0.3, 0.4) is 0 Å². The van der Waals surface area contributed by atoms with Crippen molar-refractivity contribution in [1.82, 2.24) is 14.8 Å². The van der Waals surface area contributed by atoms with Crippen LogP contribution in [0.2, 0.25) is 0 Å². The predicted octanol–water partition coefficient (Wildman–Crippen LogP) is 2.34. The molecular formula is C13H14BrN3O. The van der Waals surface area contributed by atoms with Gasteiger partial charge in [0.1, 0.15) is 12.4 Å². The third kappa shape index (κ3) is 1.78. The van der Waals surface area contributed by atoms with Crippen LogP contribution in [-0.2, 0) is 12.5 Å². The molecule has 1 unspecified atom stereocenters. The van der Waals surface area contributed by atoms with E-state index in [9.17, 15) is 5.11 Å². The van der Waals surface area contributed by atoms with E-state index in [1.807, 2.05) is 19.2 Å². The minimum atomic E-state index is -0.598. The minimum absolute atomic E-state index is 0.190. The molecule has 1 fully saturated rings. The number of benzene rings is 1. The lowest BCUT2D eigenvalue weighted by molar-refractivity contribution is 0.120. The Morgan fingerprint density at radius 2 is 2.22 bits per heavy atom. The van der Waals surface area contributed by atoms with Crippen LogP contribution in [0.25, 0.3) is 0 Å². The van der Waals surface area contributed by atoms with Crippen LogP contribution < -0.4 is 0 Å². The Hall–Kier alpha value is -1.20. The van der Waals surface area contributed by atoms with Gasteiger partial charge >= 0.3 is 0 Å². The molecule has 4 nitrogen and oxygen atoms in total. The van der Waals surface area contributed by atoms with Crippen molar-refractivity contribution < 1.29 is 5.11 Å². The van der Waals surface area contributed by atoms with Crippen LogP contribution in [0.15, 0.2) is 35.1 Å². The number of aliphatic hydroxyl groups excluding tert-OH is 1. The molecule has 1 N–H and O–H groups in total. The lowest BCUT2D eigenvalue weighted by Gasteiger charge is -2.22. The number of aryl methyl sites for hydroxylation is 1. The monoisotopic (exact) mass is 307 g/mol. The summed E-state index contributed by atoms with van der Waals surface area (Å²) in [5, 5.41) is 18.4. The quantitative estimate of drug-likeness (QED) is 0.947. The Balaban J connectivity index is 1.99. The van der Waals surface area contributed by atoms with Crippen molar-refractivity contribution in [3.63, 3.8) is 0 Å². The molecule has 94 valence electrons. The van der Waals surface area contributed by atoms with Gasteiger partial charge < -0.3 is 9.67 Å². The molecule has 1 saturated carbocycles. The van der Waals surface area contributed by atoms with Crippen molar-refractivity contribution in [2.75, 3.05) is 0 Å². The highest BCUT2D eigenvalue weighted by molar-refractivity contribution is 9.10. The van der Waals surface area contributed by atoms with Crippen LogP contribution >= 0.6 is 15.9 Å². The minimum Gasteiger partial charge on any atom is -0.384 e. The van der Waals surface area contributed by atoms with Crippen molar-refractivity contribution in [3.8, 4) is 0 Å². The van der Waals surface area contributed by atoms with Gasteiger partial charge in [-0.15, -0.1) is 10.2 Å². The maximum Gasteiger partial charge on any atom is 0.162 e. The molecular weight excluding hydrogens is 294 g/mol. The maximum atomic E-state index is 10.6. The van der Waals surface area contributed by atoms with Gasteiger partial charge in [0.15, 0.2) is 5.82 Å². The van der Waals surface area contributed by atoms with Gasteiger partial charge in [0, 0.05) is 16.9 Å². The molecule has 1 aliphatic rings. The molecule has 1 atom stereocenters. The molecule has 2 aromatic rings. The Morgan fingerprint density at radius 1 is 1.44 bits per heavy atom. The summed E-state index contributed by atoms with van der Waals surface area (Å²) in [4.78, 5) is 0. The van der Waals surface area contributed by atoms with Crippen LogP contribution in [0, 0.1) is 0 Å². The zero-order chi connectivity index (χ0) is 12.8. The fourth-order valence-corrected chi connectivity index (χ4v) is 2.84. The summed E-state index contributed by atoms with van der Waals surface area (Å²) in [6.45, 7) is 0. The molecule has 1 aromatic carbocycles. The summed E-state index contributed by atoms with van der Waals surface area (Å²) < 4.78 is 2.82. The van der Waals surface area contributed by atoms with E-state index in [1.54, 1.807) is 10.9 Å². The van der Waals surface area contributed by atoms with Gasteiger partial charge in [0.25, 0.3) is 0 Å². The maximum absolute atomic E-state index is 10.6. The fourth-order valence-electron chi connectivity index (χ4n) is 2.44. The highest BCUT2D eigenvalue weighted by Gasteiger charge is 2.52. The number of nitrogens with zero attached hydrogens (tertiary/aromatic N) is 3. The first-order chi connectivity index (χ1) is 8.63. The number of aromatic nitrogens is 3. The van der Waals surface area contributed by atoms with Crippen molar-refractivity contribution >= 4 is 15.9 Å². The molecule has 0 aliphatic heterocycles. The molecule has 0 amide bonds. The molecule has 5 heteroatoms. The highest BCUT2D eigenvalue weighted by Crippen LogP contribution is 2.56. The summed E-state index contributed by atoms with van der Waals surface area (Å²) in [6.07, 6.45) is 2.99. The van der Waals surface area contributed by atoms with Gasteiger partial charge in [-0.05, 0) is 30.5 Å². The first-order valence-electron chi connectivity index (χ1n) is 5.91. The Kier molecular flexibility index (Phi) is 2.75. The van der Waals surface area contributed by atoms with E-state index in [4.69, 9.17) is 0 Å². The third-order valence-electron chi connectivity index (χ3n) is 3.70. The van der Waals surface area contributed by atoms with Gasteiger partial charge in [0.05, 0.1) is 0 Å². The number of rotatable bonds is 3. The molecule has 0 spiro atoms. The van der Waals surface area contributed by atoms with Gasteiger partial charge in [0.2, 0.25) is 0 Å². The summed E-state index contributed by atoms with van der Waals surface area (Å²) >= 11 is 3.48. The standard InChI is InChI=1S/C13H14BrN3O/c1-17-8-15-16-12(17)11(18)13(5-6-13)9-3-2-4-10(14)7-9/h2-4,7-8,11,18H,5-6H2,1H3. The van der Waals surface area contributed by atoms with E-state index in [-0.39, 0.29) is 5.41 Å². The van der Waals surface area contributed by atoms with E-state index in [0.717, 1.165) is 22.9 Å². The predicted molar refractivity (Wildman–Crippen MR) is 71.0 cm³/mol. The molecule has 3 rings (SSSR count). The second-order valence-corrected chi connectivity index (χ2v) is 5.78. The third-order valence-corrected chi connectivity index (χ3v) is 4.20. The summed E-state index contributed by atoms with van der Waals surface area (Å²) in [7, 11) is 1.86. The molecule has 18 heavy (non-hydrogen) atoms. The van der Waals surface area contributed by atoms with Gasteiger partial charge in [-0.25, -0.2) is 0 Å². The summed E-state index contributed by atoms with van der Waals surface area (Å²) in [5.74, 6) is 0.632. The van der Waals surface area contributed by atoms with Crippen molar-refractivity contribution in [2.24, 2.45) is 7.05 Å². The highest BCUT2D eigenvalue weighted by atomic mass is 79.9. The van der Waals surface area contributed by atoms with Crippen molar-refractivity contribution in [3.05, 3.63) is 46.5 Å². The van der Waals surface area contributed by atoms with E-state index in [2.05, 4.69) is 38.3 Å². The van der Waals surface area contributed by atoms with E-state index in [1.165, 1.54) is 0 Å². The lowest BCUT2D eigenvalue weighted by atomic mass is 9.89. The van der Waals surface area contributed by atoms with E-state index in [0.29, 0.717) is 5.82 Å². The topological polar surface area (TPSA) is 50.9 Å². The molecule has 1 aliphatic carbocycles.